The molecular formula is C20H22O4. The van der Waals surface area contributed by atoms with Gasteiger partial charge in [-0.3, -0.25) is 0 Å². The number of carboxylic acid groups (broad SMARTS) is 1. The summed E-state index contributed by atoms with van der Waals surface area (Å²) in [4.78, 5) is 22.6. The molecular weight excluding hydrogens is 304 g/mol. The van der Waals surface area contributed by atoms with E-state index in [0.717, 1.165) is 32.1 Å². The summed E-state index contributed by atoms with van der Waals surface area (Å²) >= 11 is 0. The molecule has 24 heavy (non-hydrogen) atoms. The normalized spacial score (nSPS) is 10.3. The zero-order chi connectivity index (χ0) is 17.2. The quantitative estimate of drug-likeness (QED) is 0.550. The van der Waals surface area contributed by atoms with Gasteiger partial charge in [0.15, 0.2) is 0 Å². The Hall–Kier alpha value is -2.62. The summed E-state index contributed by atoms with van der Waals surface area (Å²) in [5.41, 5.74) is 1.89. The van der Waals surface area contributed by atoms with Crippen LogP contribution in [0, 0.1) is 0 Å². The van der Waals surface area contributed by atoms with Crippen LogP contribution in [0.25, 0.3) is 0 Å². The van der Waals surface area contributed by atoms with Gasteiger partial charge in [0.2, 0.25) is 0 Å². The first-order chi connectivity index (χ1) is 11.7. The Balaban J connectivity index is 1.58. The van der Waals surface area contributed by atoms with Gasteiger partial charge < -0.3 is 9.84 Å². The molecule has 0 bridgehead atoms. The van der Waals surface area contributed by atoms with Crippen molar-refractivity contribution >= 4 is 11.9 Å². The molecule has 4 heteroatoms. The summed E-state index contributed by atoms with van der Waals surface area (Å²) in [7, 11) is 0. The predicted molar refractivity (Wildman–Crippen MR) is 92.3 cm³/mol. The average molecular weight is 326 g/mol. The van der Waals surface area contributed by atoms with Crippen LogP contribution in [0.1, 0.15) is 52.0 Å². The number of carboxylic acids is 1. The Labute approximate surface area is 142 Å². The Morgan fingerprint density at radius 2 is 1.42 bits per heavy atom. The first kappa shape index (κ1) is 17.7. The van der Waals surface area contributed by atoms with Crippen molar-refractivity contribution in [2.75, 3.05) is 6.61 Å². The molecule has 126 valence electrons. The van der Waals surface area contributed by atoms with Crippen LogP contribution in [-0.4, -0.2) is 23.7 Å². The summed E-state index contributed by atoms with van der Waals surface area (Å²) in [5.74, 6) is -1.42. The molecule has 0 aliphatic heterocycles. The average Bonchev–Trinajstić information content (AvgIpc) is 2.61. The molecule has 4 nitrogen and oxygen atoms in total. The van der Waals surface area contributed by atoms with Gasteiger partial charge in [-0.15, -0.1) is 0 Å². The zero-order valence-electron chi connectivity index (χ0n) is 13.6. The number of unbranched alkanes of at least 4 members (excludes halogenated alkanes) is 3. The summed E-state index contributed by atoms with van der Waals surface area (Å²) in [6.45, 7) is 0.394. The first-order valence-corrected chi connectivity index (χ1v) is 8.21. The minimum absolute atomic E-state index is 0.157. The molecule has 0 spiro atoms. The molecule has 0 amide bonds. The molecule has 2 rings (SSSR count). The third kappa shape index (κ3) is 5.88. The van der Waals surface area contributed by atoms with E-state index in [1.165, 1.54) is 29.8 Å². The lowest BCUT2D eigenvalue weighted by atomic mass is 10.1. The molecule has 0 heterocycles. The fourth-order valence-electron chi connectivity index (χ4n) is 2.43. The molecule has 2 aromatic rings. The maximum Gasteiger partial charge on any atom is 0.338 e. The molecule has 1 N–H and O–H groups in total. The van der Waals surface area contributed by atoms with E-state index in [2.05, 4.69) is 24.3 Å². The Bertz CT molecular complexity index is 647. The summed E-state index contributed by atoms with van der Waals surface area (Å²) in [6.07, 6.45) is 5.19. The smallest absolute Gasteiger partial charge is 0.338 e. The number of esters is 1. The Morgan fingerprint density at radius 1 is 0.792 bits per heavy atom. The van der Waals surface area contributed by atoms with Crippen molar-refractivity contribution in [3.63, 3.8) is 0 Å². The largest absolute Gasteiger partial charge is 0.478 e. The molecule has 0 aromatic heterocycles. The topological polar surface area (TPSA) is 63.6 Å². The van der Waals surface area contributed by atoms with Gasteiger partial charge in [0.05, 0.1) is 17.7 Å². The number of ether oxygens (including phenoxy) is 1. The van der Waals surface area contributed by atoms with E-state index in [0.29, 0.717) is 12.2 Å². The third-order valence-electron chi connectivity index (χ3n) is 3.80. The van der Waals surface area contributed by atoms with E-state index in [9.17, 15) is 9.59 Å². The number of rotatable bonds is 9. The van der Waals surface area contributed by atoms with E-state index in [4.69, 9.17) is 9.84 Å². The second-order valence-electron chi connectivity index (χ2n) is 5.67. The SMILES string of the molecule is O=C(O)c1ccc(C(=O)OCCCCCCc2ccccc2)cc1. The van der Waals surface area contributed by atoms with Crippen LogP contribution in [0.4, 0.5) is 0 Å². The second-order valence-corrected chi connectivity index (χ2v) is 5.67. The maximum absolute atomic E-state index is 11.8. The lowest BCUT2D eigenvalue weighted by molar-refractivity contribution is 0.0496. The van der Waals surface area contributed by atoms with Crippen molar-refractivity contribution in [3.05, 3.63) is 71.3 Å². The Kier molecular flexibility index (Phi) is 7.02. The van der Waals surface area contributed by atoms with Gasteiger partial charge in [0.1, 0.15) is 0 Å². The number of hydrogen-bond acceptors (Lipinski definition) is 3. The molecule has 0 aliphatic carbocycles. The highest BCUT2D eigenvalue weighted by molar-refractivity contribution is 5.92. The predicted octanol–water partition coefficient (Wildman–Crippen LogP) is 4.34. The molecule has 0 aliphatic rings. The summed E-state index contributed by atoms with van der Waals surface area (Å²) in [5, 5.41) is 8.82. The molecule has 0 radical (unpaired) electrons. The highest BCUT2D eigenvalue weighted by Crippen LogP contribution is 2.09. The molecule has 0 unspecified atom stereocenters. The molecule has 0 saturated heterocycles. The van der Waals surface area contributed by atoms with E-state index in [1.54, 1.807) is 0 Å². The van der Waals surface area contributed by atoms with Gasteiger partial charge in [-0.05, 0) is 49.1 Å². The molecule has 0 fully saturated rings. The van der Waals surface area contributed by atoms with E-state index < -0.39 is 11.9 Å². The van der Waals surface area contributed by atoms with Crippen LogP contribution in [0.5, 0.6) is 0 Å². The van der Waals surface area contributed by atoms with Crippen molar-refractivity contribution in [1.82, 2.24) is 0 Å². The second kappa shape index (κ2) is 9.50. The number of benzene rings is 2. The highest BCUT2D eigenvalue weighted by Gasteiger charge is 2.08. The molecule has 0 atom stereocenters. The van der Waals surface area contributed by atoms with Gasteiger partial charge >= 0.3 is 11.9 Å². The van der Waals surface area contributed by atoms with Gasteiger partial charge in [-0.25, -0.2) is 9.59 Å². The van der Waals surface area contributed by atoms with E-state index >= 15 is 0 Å². The van der Waals surface area contributed by atoms with Crippen molar-refractivity contribution in [1.29, 1.82) is 0 Å². The van der Waals surface area contributed by atoms with Crippen LogP contribution in [0.2, 0.25) is 0 Å². The number of carbonyl (C=O) groups excluding carboxylic acids is 1. The van der Waals surface area contributed by atoms with E-state index in [-0.39, 0.29) is 5.56 Å². The van der Waals surface area contributed by atoms with Crippen LogP contribution >= 0.6 is 0 Å². The highest BCUT2D eigenvalue weighted by atomic mass is 16.5. The van der Waals surface area contributed by atoms with Crippen molar-refractivity contribution in [2.45, 2.75) is 32.1 Å². The minimum Gasteiger partial charge on any atom is -0.478 e. The fraction of sp³-hybridized carbons (Fsp3) is 0.300. The number of carbonyl (C=O) groups is 2. The van der Waals surface area contributed by atoms with Gasteiger partial charge in [-0.2, -0.15) is 0 Å². The number of aromatic carboxylic acids is 1. The van der Waals surface area contributed by atoms with Gasteiger partial charge in [0.25, 0.3) is 0 Å². The first-order valence-electron chi connectivity index (χ1n) is 8.21. The molecule has 0 saturated carbocycles. The number of aryl methyl sites for hydroxylation is 1. The minimum atomic E-state index is -1.01. The third-order valence-corrected chi connectivity index (χ3v) is 3.80. The summed E-state index contributed by atoms with van der Waals surface area (Å²) in [6, 6.07) is 16.2. The van der Waals surface area contributed by atoms with Crippen LogP contribution in [0.15, 0.2) is 54.6 Å². The lowest BCUT2D eigenvalue weighted by Gasteiger charge is -2.05. The zero-order valence-corrected chi connectivity index (χ0v) is 13.6. The maximum atomic E-state index is 11.8. The Morgan fingerprint density at radius 3 is 2.08 bits per heavy atom. The monoisotopic (exact) mass is 326 g/mol. The van der Waals surface area contributed by atoms with Crippen LogP contribution in [0.3, 0.4) is 0 Å². The summed E-state index contributed by atoms with van der Waals surface area (Å²) < 4.78 is 5.21. The van der Waals surface area contributed by atoms with Crippen LogP contribution in [-0.2, 0) is 11.2 Å². The van der Waals surface area contributed by atoms with Crippen molar-refractivity contribution < 1.29 is 19.4 Å². The van der Waals surface area contributed by atoms with Crippen molar-refractivity contribution in [2.24, 2.45) is 0 Å². The van der Waals surface area contributed by atoms with Crippen LogP contribution < -0.4 is 0 Å². The van der Waals surface area contributed by atoms with Gasteiger partial charge in [0, 0.05) is 0 Å². The van der Waals surface area contributed by atoms with Crippen molar-refractivity contribution in [3.8, 4) is 0 Å². The van der Waals surface area contributed by atoms with Gasteiger partial charge in [-0.1, -0.05) is 43.2 Å². The van der Waals surface area contributed by atoms with E-state index in [1.807, 2.05) is 6.07 Å². The standard InChI is InChI=1S/C20H22O4/c21-19(22)17-11-13-18(14-12-17)20(23)24-15-7-2-1-4-8-16-9-5-3-6-10-16/h3,5-6,9-14H,1-2,4,7-8,15H2,(H,21,22). The fourth-order valence-corrected chi connectivity index (χ4v) is 2.43. The lowest BCUT2D eigenvalue weighted by Crippen LogP contribution is -2.07. The number of hydrogen-bond donors (Lipinski definition) is 1. The molecule has 2 aromatic carbocycles.